The molecule has 6 heteroatoms. The predicted molar refractivity (Wildman–Crippen MR) is 92.4 cm³/mol. The van der Waals surface area contributed by atoms with Gasteiger partial charge >= 0.3 is 0 Å². The lowest BCUT2D eigenvalue weighted by Gasteiger charge is -2.08. The fraction of sp³-hybridized carbons (Fsp3) is 0.111. The second kappa shape index (κ2) is 6.84. The van der Waals surface area contributed by atoms with Gasteiger partial charge in [0.15, 0.2) is 0 Å². The molecule has 0 aliphatic carbocycles. The molecule has 0 aliphatic heterocycles. The van der Waals surface area contributed by atoms with Crippen molar-refractivity contribution in [1.82, 2.24) is 9.78 Å². The average Bonchev–Trinajstić information content (AvgIpc) is 2.99. The number of nitrogens with zero attached hydrogens (tertiary/aromatic N) is 2. The topological polar surface area (TPSA) is 46.9 Å². The molecule has 0 bridgehead atoms. The molecule has 1 heterocycles. The summed E-state index contributed by atoms with van der Waals surface area (Å²) >= 11 is 6.11. The number of hydrogen-bond donors (Lipinski definition) is 1. The Morgan fingerprint density at radius 3 is 2.67 bits per heavy atom. The van der Waals surface area contributed by atoms with Gasteiger partial charge in [-0.3, -0.25) is 9.48 Å². The summed E-state index contributed by atoms with van der Waals surface area (Å²) in [6.45, 7) is 1.99. The van der Waals surface area contributed by atoms with Gasteiger partial charge in [-0.15, -0.1) is 0 Å². The molecule has 0 atom stereocenters. The Kier molecular flexibility index (Phi) is 4.62. The summed E-state index contributed by atoms with van der Waals surface area (Å²) in [5, 5.41) is 7.59. The number of nitrogens with one attached hydrogen (secondary N) is 1. The van der Waals surface area contributed by atoms with Gasteiger partial charge in [0, 0.05) is 11.8 Å². The lowest BCUT2D eigenvalue weighted by atomic mass is 10.1. The van der Waals surface area contributed by atoms with Gasteiger partial charge in [-0.2, -0.15) is 5.10 Å². The molecule has 0 radical (unpaired) electrons. The molecule has 0 spiro atoms. The van der Waals surface area contributed by atoms with E-state index in [2.05, 4.69) is 10.4 Å². The summed E-state index contributed by atoms with van der Waals surface area (Å²) in [5.74, 6) is -0.526. The summed E-state index contributed by atoms with van der Waals surface area (Å²) in [5.41, 5.74) is 3.06. The highest BCUT2D eigenvalue weighted by molar-refractivity contribution is 6.33. The molecule has 0 saturated carbocycles. The fourth-order valence-electron chi connectivity index (χ4n) is 2.28. The maximum atomic E-state index is 13.0. The van der Waals surface area contributed by atoms with E-state index >= 15 is 0 Å². The van der Waals surface area contributed by atoms with Crippen LogP contribution in [0.5, 0.6) is 0 Å². The van der Waals surface area contributed by atoms with Crippen molar-refractivity contribution in [3.05, 3.63) is 71.1 Å². The highest BCUT2D eigenvalue weighted by Crippen LogP contribution is 2.22. The van der Waals surface area contributed by atoms with Crippen LogP contribution in [0.25, 0.3) is 11.3 Å². The van der Waals surface area contributed by atoms with E-state index in [4.69, 9.17) is 11.6 Å². The van der Waals surface area contributed by atoms with Crippen LogP contribution in [0.1, 0.15) is 5.56 Å². The average molecular weight is 344 g/mol. The molecule has 3 rings (SSSR count). The van der Waals surface area contributed by atoms with Crippen molar-refractivity contribution >= 4 is 23.2 Å². The van der Waals surface area contributed by atoms with Crippen LogP contribution in [0.2, 0.25) is 5.02 Å². The van der Waals surface area contributed by atoms with Crippen LogP contribution < -0.4 is 5.32 Å². The van der Waals surface area contributed by atoms with Crippen LogP contribution in [0.3, 0.4) is 0 Å². The molecule has 1 aromatic heterocycles. The summed E-state index contributed by atoms with van der Waals surface area (Å²) < 4.78 is 14.5. The number of benzene rings is 2. The van der Waals surface area contributed by atoms with E-state index < -0.39 is 0 Å². The number of hydrogen-bond acceptors (Lipinski definition) is 2. The van der Waals surface area contributed by atoms with Gasteiger partial charge < -0.3 is 5.32 Å². The molecular formula is C18H15ClFN3O. The van der Waals surface area contributed by atoms with Crippen molar-refractivity contribution in [2.24, 2.45) is 0 Å². The van der Waals surface area contributed by atoms with Gasteiger partial charge in [0.1, 0.15) is 12.4 Å². The number of rotatable bonds is 4. The van der Waals surface area contributed by atoms with E-state index in [1.807, 2.05) is 13.0 Å². The molecule has 0 fully saturated rings. The molecule has 2 aromatic carbocycles. The lowest BCUT2D eigenvalue weighted by molar-refractivity contribution is -0.116. The molecule has 0 aliphatic rings. The van der Waals surface area contributed by atoms with Crippen LogP contribution in [-0.2, 0) is 11.3 Å². The molecule has 1 amide bonds. The molecule has 1 N–H and O–H groups in total. The minimum absolute atomic E-state index is 0.0609. The van der Waals surface area contributed by atoms with E-state index in [9.17, 15) is 9.18 Å². The van der Waals surface area contributed by atoms with E-state index in [1.165, 1.54) is 16.8 Å². The number of carbonyl (C=O) groups is 1. The van der Waals surface area contributed by atoms with Gasteiger partial charge in [0.25, 0.3) is 0 Å². The third-order valence-electron chi connectivity index (χ3n) is 3.48. The first kappa shape index (κ1) is 16.2. The fourth-order valence-corrected chi connectivity index (χ4v) is 2.57. The number of aryl methyl sites for hydroxylation is 1. The predicted octanol–water partition coefficient (Wildman–Crippen LogP) is 4.29. The second-order valence-corrected chi connectivity index (χ2v) is 5.84. The standard InChI is InChI=1S/C18H15ClFN3O/c1-12-2-7-17(15(19)10-12)21-18(24)11-23-9-8-16(22-23)13-3-5-14(20)6-4-13/h2-10H,11H2,1H3,(H,21,24). The van der Waals surface area contributed by atoms with Crippen LogP contribution in [0, 0.1) is 12.7 Å². The van der Waals surface area contributed by atoms with Crippen molar-refractivity contribution in [3.8, 4) is 11.3 Å². The molecule has 0 unspecified atom stereocenters. The zero-order valence-electron chi connectivity index (χ0n) is 13.0. The van der Waals surface area contributed by atoms with E-state index in [1.54, 1.807) is 36.5 Å². The van der Waals surface area contributed by atoms with Crippen molar-refractivity contribution in [2.75, 3.05) is 5.32 Å². The quantitative estimate of drug-likeness (QED) is 0.768. The highest BCUT2D eigenvalue weighted by atomic mass is 35.5. The van der Waals surface area contributed by atoms with Crippen LogP contribution in [0.4, 0.5) is 10.1 Å². The van der Waals surface area contributed by atoms with Crippen molar-refractivity contribution in [2.45, 2.75) is 13.5 Å². The Bertz CT molecular complexity index is 874. The van der Waals surface area contributed by atoms with Gasteiger partial charge in [-0.25, -0.2) is 4.39 Å². The minimum Gasteiger partial charge on any atom is -0.323 e. The lowest BCUT2D eigenvalue weighted by Crippen LogP contribution is -2.19. The normalized spacial score (nSPS) is 10.6. The maximum absolute atomic E-state index is 13.0. The van der Waals surface area contributed by atoms with Crippen LogP contribution in [0.15, 0.2) is 54.7 Å². The van der Waals surface area contributed by atoms with Gasteiger partial charge in [-0.1, -0.05) is 17.7 Å². The first-order valence-electron chi connectivity index (χ1n) is 7.37. The molecule has 122 valence electrons. The summed E-state index contributed by atoms with van der Waals surface area (Å²) in [7, 11) is 0. The highest BCUT2D eigenvalue weighted by Gasteiger charge is 2.09. The van der Waals surface area contributed by atoms with Crippen molar-refractivity contribution in [1.29, 1.82) is 0 Å². The monoisotopic (exact) mass is 343 g/mol. The Balaban J connectivity index is 1.68. The van der Waals surface area contributed by atoms with E-state index in [0.717, 1.165) is 11.1 Å². The Hall–Kier alpha value is -2.66. The second-order valence-electron chi connectivity index (χ2n) is 5.44. The summed E-state index contributed by atoms with van der Waals surface area (Å²) in [6.07, 6.45) is 1.70. The Morgan fingerprint density at radius 2 is 1.96 bits per heavy atom. The summed E-state index contributed by atoms with van der Waals surface area (Å²) in [4.78, 5) is 12.1. The molecular weight excluding hydrogens is 329 g/mol. The first-order chi connectivity index (χ1) is 11.5. The Labute approximate surface area is 143 Å². The van der Waals surface area contributed by atoms with Crippen LogP contribution >= 0.6 is 11.6 Å². The number of halogens is 2. The van der Waals surface area contributed by atoms with Crippen molar-refractivity contribution < 1.29 is 9.18 Å². The third-order valence-corrected chi connectivity index (χ3v) is 3.80. The van der Waals surface area contributed by atoms with E-state index in [-0.39, 0.29) is 18.3 Å². The zero-order chi connectivity index (χ0) is 17.1. The van der Waals surface area contributed by atoms with Crippen molar-refractivity contribution in [3.63, 3.8) is 0 Å². The van der Waals surface area contributed by atoms with Crippen LogP contribution in [-0.4, -0.2) is 15.7 Å². The molecule has 3 aromatic rings. The Morgan fingerprint density at radius 1 is 1.21 bits per heavy atom. The number of carbonyl (C=O) groups excluding carboxylic acids is 1. The van der Waals surface area contributed by atoms with Gasteiger partial charge in [0.05, 0.1) is 16.4 Å². The van der Waals surface area contributed by atoms with E-state index in [0.29, 0.717) is 16.4 Å². The number of amides is 1. The number of aromatic nitrogens is 2. The first-order valence-corrected chi connectivity index (χ1v) is 7.74. The largest absolute Gasteiger partial charge is 0.323 e. The maximum Gasteiger partial charge on any atom is 0.246 e. The third kappa shape index (κ3) is 3.81. The molecule has 4 nitrogen and oxygen atoms in total. The molecule has 24 heavy (non-hydrogen) atoms. The molecule has 0 saturated heterocycles. The SMILES string of the molecule is Cc1ccc(NC(=O)Cn2ccc(-c3ccc(F)cc3)n2)c(Cl)c1. The summed E-state index contributed by atoms with van der Waals surface area (Å²) in [6, 6.07) is 13.3. The zero-order valence-corrected chi connectivity index (χ0v) is 13.7. The minimum atomic E-state index is -0.299. The van der Waals surface area contributed by atoms with Gasteiger partial charge in [-0.05, 0) is 55.0 Å². The van der Waals surface area contributed by atoms with Gasteiger partial charge in [0.2, 0.25) is 5.91 Å². The smallest absolute Gasteiger partial charge is 0.246 e. The number of anilines is 1.